The van der Waals surface area contributed by atoms with Gasteiger partial charge in [0.25, 0.3) is 0 Å². The van der Waals surface area contributed by atoms with E-state index in [9.17, 15) is 0 Å². The molecule has 0 nitrogen and oxygen atoms in total. The smallest absolute Gasteiger partial charge is 0.0603 e. The molecule has 0 fully saturated rings. The molecule has 0 bridgehead atoms. The molecule has 16 heavy (non-hydrogen) atoms. The number of hydrogen-bond acceptors (Lipinski definition) is 2. The minimum Gasteiger partial charge on any atom is -0.179 e. The van der Waals surface area contributed by atoms with Crippen LogP contribution in [-0.4, -0.2) is 11.5 Å². The highest BCUT2D eigenvalue weighted by Gasteiger charge is 1.99. The zero-order valence-electron chi connectivity index (χ0n) is 9.09. The van der Waals surface area contributed by atoms with Crippen molar-refractivity contribution in [1.29, 1.82) is 0 Å². The highest BCUT2D eigenvalue weighted by molar-refractivity contribution is 7.99. The monoisotopic (exact) mass is 294 g/mol. The van der Waals surface area contributed by atoms with Crippen LogP contribution in [-0.2, 0) is 0 Å². The molecule has 0 heterocycles. The zero-order chi connectivity index (χ0) is 11.8. The molecule has 0 atom stereocenters. The van der Waals surface area contributed by atoms with Crippen LogP contribution in [0.2, 0.25) is 10.0 Å². The van der Waals surface area contributed by atoms with Crippen molar-refractivity contribution in [3.8, 4) is 0 Å². The van der Waals surface area contributed by atoms with E-state index in [1.54, 1.807) is 0 Å². The number of rotatable bonds is 7. The van der Waals surface area contributed by atoms with Crippen LogP contribution in [0.3, 0.4) is 0 Å². The van der Waals surface area contributed by atoms with Crippen LogP contribution in [0.25, 0.3) is 0 Å². The van der Waals surface area contributed by atoms with E-state index in [0.29, 0.717) is 10.0 Å². The zero-order valence-corrected chi connectivity index (χ0v) is 12.3. The lowest BCUT2D eigenvalue weighted by atomic mass is 10.2. The molecule has 4 heteroatoms. The first-order valence-electron chi connectivity index (χ1n) is 5.43. The van der Waals surface area contributed by atoms with E-state index in [4.69, 9.17) is 23.2 Å². The van der Waals surface area contributed by atoms with E-state index in [1.165, 1.54) is 30.6 Å². The van der Waals surface area contributed by atoms with Gasteiger partial charge in [0, 0.05) is 4.90 Å². The molecule has 0 spiro atoms. The highest BCUT2D eigenvalue weighted by Crippen LogP contribution is 2.28. The third kappa shape index (κ3) is 5.72. The minimum atomic E-state index is 0.625. The summed E-state index contributed by atoms with van der Waals surface area (Å²) in [7, 11) is 0. The second-order valence-corrected chi connectivity index (χ2v) is 5.99. The Kier molecular flexibility index (Phi) is 7.80. The normalized spacial score (nSPS) is 10.7. The van der Waals surface area contributed by atoms with Crippen molar-refractivity contribution in [2.75, 3.05) is 11.5 Å². The third-order valence-electron chi connectivity index (χ3n) is 2.21. The Labute approximate surface area is 118 Å². The number of thiol groups is 1. The fourth-order valence-corrected chi connectivity index (χ4v) is 2.86. The standard InChI is InChI=1S/C12H16Cl2S2/c13-11-6-5-10(9-12(11)14)16-8-4-2-1-3-7-15/h5-6,9,15H,1-4,7-8H2. The molecule has 0 aromatic heterocycles. The van der Waals surface area contributed by atoms with Crippen molar-refractivity contribution >= 4 is 47.6 Å². The summed E-state index contributed by atoms with van der Waals surface area (Å²) in [5.41, 5.74) is 0. The molecule has 0 aliphatic rings. The maximum Gasteiger partial charge on any atom is 0.0603 e. The summed E-state index contributed by atoms with van der Waals surface area (Å²) in [5, 5.41) is 1.27. The molecule has 0 saturated carbocycles. The van der Waals surface area contributed by atoms with Gasteiger partial charge in [-0.2, -0.15) is 12.6 Å². The van der Waals surface area contributed by atoms with Gasteiger partial charge in [0.1, 0.15) is 0 Å². The van der Waals surface area contributed by atoms with Crippen LogP contribution in [0, 0.1) is 0 Å². The Balaban J connectivity index is 2.19. The van der Waals surface area contributed by atoms with Gasteiger partial charge in [0.15, 0.2) is 0 Å². The number of benzene rings is 1. The maximum atomic E-state index is 5.94. The van der Waals surface area contributed by atoms with Gasteiger partial charge in [-0.3, -0.25) is 0 Å². The van der Waals surface area contributed by atoms with Gasteiger partial charge in [-0.05, 0) is 42.5 Å². The van der Waals surface area contributed by atoms with Gasteiger partial charge in [0.05, 0.1) is 10.0 Å². The lowest BCUT2D eigenvalue weighted by Gasteiger charge is -2.03. The summed E-state index contributed by atoms with van der Waals surface area (Å²) in [6, 6.07) is 5.81. The Bertz CT molecular complexity index is 316. The first-order chi connectivity index (χ1) is 7.74. The van der Waals surface area contributed by atoms with Crippen molar-refractivity contribution in [3.05, 3.63) is 28.2 Å². The number of thioether (sulfide) groups is 1. The third-order valence-corrected chi connectivity index (χ3v) is 4.35. The molecular formula is C12H16Cl2S2. The predicted molar refractivity (Wildman–Crippen MR) is 79.5 cm³/mol. The molecular weight excluding hydrogens is 279 g/mol. The van der Waals surface area contributed by atoms with E-state index < -0.39 is 0 Å². The van der Waals surface area contributed by atoms with Crippen LogP contribution < -0.4 is 0 Å². The summed E-state index contributed by atoms with van der Waals surface area (Å²) in [6.45, 7) is 0. The van der Waals surface area contributed by atoms with E-state index in [2.05, 4.69) is 12.6 Å². The Hall–Kier alpha value is 0.500. The Morgan fingerprint density at radius 1 is 1.00 bits per heavy atom. The summed E-state index contributed by atoms with van der Waals surface area (Å²) in [4.78, 5) is 1.20. The van der Waals surface area contributed by atoms with Gasteiger partial charge < -0.3 is 0 Å². The number of hydrogen-bond donors (Lipinski definition) is 1. The molecule has 0 aliphatic carbocycles. The van der Waals surface area contributed by atoms with Crippen molar-refractivity contribution < 1.29 is 0 Å². The molecule has 0 N–H and O–H groups in total. The van der Waals surface area contributed by atoms with E-state index in [1.807, 2.05) is 30.0 Å². The Morgan fingerprint density at radius 3 is 2.44 bits per heavy atom. The van der Waals surface area contributed by atoms with E-state index >= 15 is 0 Å². The van der Waals surface area contributed by atoms with Gasteiger partial charge >= 0.3 is 0 Å². The average molecular weight is 295 g/mol. The van der Waals surface area contributed by atoms with Gasteiger partial charge in [0.2, 0.25) is 0 Å². The van der Waals surface area contributed by atoms with Gasteiger partial charge in [-0.1, -0.05) is 36.0 Å². The Morgan fingerprint density at radius 2 is 1.75 bits per heavy atom. The van der Waals surface area contributed by atoms with Crippen molar-refractivity contribution in [2.45, 2.75) is 30.6 Å². The molecule has 0 unspecified atom stereocenters. The van der Waals surface area contributed by atoms with Crippen molar-refractivity contribution in [2.24, 2.45) is 0 Å². The average Bonchev–Trinajstić information content (AvgIpc) is 2.28. The molecule has 0 amide bonds. The van der Waals surface area contributed by atoms with Gasteiger partial charge in [-0.15, -0.1) is 11.8 Å². The highest BCUT2D eigenvalue weighted by atomic mass is 35.5. The number of halogens is 2. The predicted octanol–water partition coefficient (Wildman–Crippen LogP) is 5.58. The topological polar surface area (TPSA) is 0 Å². The molecule has 0 aliphatic heterocycles. The largest absolute Gasteiger partial charge is 0.179 e. The van der Waals surface area contributed by atoms with Crippen molar-refractivity contribution in [1.82, 2.24) is 0 Å². The van der Waals surface area contributed by atoms with E-state index in [0.717, 1.165) is 11.5 Å². The lowest BCUT2D eigenvalue weighted by Crippen LogP contribution is -1.83. The SMILES string of the molecule is SCCCCCCSc1ccc(Cl)c(Cl)c1. The second-order valence-electron chi connectivity index (χ2n) is 3.56. The first-order valence-corrected chi connectivity index (χ1v) is 7.80. The number of unbranched alkanes of at least 4 members (excludes halogenated alkanes) is 3. The molecule has 1 rings (SSSR count). The molecule has 1 aromatic rings. The second kappa shape index (κ2) is 8.57. The van der Waals surface area contributed by atoms with Crippen LogP contribution in [0.4, 0.5) is 0 Å². The molecule has 0 saturated heterocycles. The summed E-state index contributed by atoms with van der Waals surface area (Å²) in [6.07, 6.45) is 5.04. The fourth-order valence-electron chi connectivity index (χ4n) is 1.32. The molecule has 0 radical (unpaired) electrons. The van der Waals surface area contributed by atoms with Crippen LogP contribution in [0.15, 0.2) is 23.1 Å². The quantitative estimate of drug-likeness (QED) is 0.389. The minimum absolute atomic E-state index is 0.625. The molecule has 1 aromatic carbocycles. The fraction of sp³-hybridized carbons (Fsp3) is 0.500. The van der Waals surface area contributed by atoms with Crippen LogP contribution >= 0.6 is 47.6 Å². The molecule has 90 valence electrons. The first kappa shape index (κ1) is 14.6. The summed E-state index contributed by atoms with van der Waals surface area (Å²) in [5.74, 6) is 2.14. The van der Waals surface area contributed by atoms with Crippen molar-refractivity contribution in [3.63, 3.8) is 0 Å². The summed E-state index contributed by atoms with van der Waals surface area (Å²) < 4.78 is 0. The van der Waals surface area contributed by atoms with Crippen LogP contribution in [0.5, 0.6) is 0 Å². The van der Waals surface area contributed by atoms with Gasteiger partial charge in [-0.25, -0.2) is 0 Å². The maximum absolute atomic E-state index is 5.94. The summed E-state index contributed by atoms with van der Waals surface area (Å²) >= 11 is 17.8. The lowest BCUT2D eigenvalue weighted by molar-refractivity contribution is 0.712. The van der Waals surface area contributed by atoms with E-state index in [-0.39, 0.29) is 0 Å². The van der Waals surface area contributed by atoms with Crippen LogP contribution in [0.1, 0.15) is 25.7 Å².